The van der Waals surface area contributed by atoms with Gasteiger partial charge >= 0.3 is 5.97 Å². The number of aliphatic carboxylic acids is 1. The van der Waals surface area contributed by atoms with E-state index < -0.39 is 77.5 Å². The molecule has 6 aromatic rings. The predicted molar refractivity (Wildman–Crippen MR) is 433 cm³/mol. The number of aliphatic hydroxyl groups is 2. The van der Waals surface area contributed by atoms with Crippen LogP contribution in [0, 0.1) is 0 Å². The van der Waals surface area contributed by atoms with Crippen LogP contribution in [0.3, 0.4) is 0 Å². The number of unbranched alkanes of at least 4 members (excludes halogenated alkanes) is 4. The molecule has 0 saturated carbocycles. The van der Waals surface area contributed by atoms with Crippen LogP contribution < -0.4 is 37.6 Å². The number of imide groups is 4. The highest BCUT2D eigenvalue weighted by Gasteiger charge is 2.47. The molecule has 4 saturated heterocycles. The number of benzene rings is 4. The zero-order valence-electron chi connectivity index (χ0n) is 65.9. The highest BCUT2D eigenvalue weighted by atomic mass is 16.4. The van der Waals surface area contributed by atoms with Gasteiger partial charge in [-0.25, -0.2) is 19.9 Å². The summed E-state index contributed by atoms with van der Waals surface area (Å²) in [5, 5.41) is 47.3. The summed E-state index contributed by atoms with van der Waals surface area (Å²) in [7, 11) is 0. The van der Waals surface area contributed by atoms with Crippen molar-refractivity contribution < 1.29 is 72.9 Å². The summed E-state index contributed by atoms with van der Waals surface area (Å²) in [6, 6.07) is 28.7. The Hall–Kier alpha value is -11.0. The maximum atomic E-state index is 13.3. The number of β-amino-alcohol motifs (C(OH)–C–C–N with tert-alkyl or cyclic N) is 2. The van der Waals surface area contributed by atoms with E-state index in [1.54, 1.807) is 48.5 Å². The van der Waals surface area contributed by atoms with Crippen molar-refractivity contribution in [2.75, 3.05) is 106 Å². The molecule has 4 atom stereocenters. The topological polar surface area (TPSA) is 435 Å². The molecule has 32 nitrogen and oxygen atoms in total. The van der Waals surface area contributed by atoms with Crippen LogP contribution >= 0.6 is 0 Å². The van der Waals surface area contributed by atoms with E-state index in [1.807, 2.05) is 6.07 Å². The van der Waals surface area contributed by atoms with Crippen molar-refractivity contribution in [2.45, 2.75) is 178 Å². The highest BCUT2D eigenvalue weighted by molar-refractivity contribution is 6.26. The first-order valence-electron chi connectivity index (χ1n) is 40.9. The number of rotatable bonds is 38. The number of piperidine rings is 2. The smallest absolute Gasteiger partial charge is 0.303 e. The van der Waals surface area contributed by atoms with Gasteiger partial charge < -0.3 is 42.3 Å². The quantitative estimate of drug-likeness (QED) is 0.0131. The number of nitrogens with zero attached hydrogens (tertiary/aromatic N) is 10. The second-order valence-corrected chi connectivity index (χ2v) is 31.2. The predicted octanol–water partition coefficient (Wildman–Crippen LogP) is 5.44. The van der Waals surface area contributed by atoms with Gasteiger partial charge in [0.05, 0.1) is 46.5 Å². The van der Waals surface area contributed by atoms with E-state index in [4.69, 9.17) is 10.8 Å². The number of fused-ring (bicyclic) bond motifs is 4. The number of carboxylic acid groups (broad SMARTS) is 1. The number of Topliss-reactive ketones (excluding diaryl/α,β-unsaturated/α-hetero) is 3. The molecule has 4 aromatic carbocycles. The van der Waals surface area contributed by atoms with Crippen LogP contribution in [0.1, 0.15) is 200 Å². The molecule has 8 aliphatic heterocycles. The van der Waals surface area contributed by atoms with Crippen LogP contribution in [0.5, 0.6) is 0 Å². The zero-order chi connectivity index (χ0) is 82.5. The number of aliphatic hydroxyl groups excluding tert-OH is 2. The van der Waals surface area contributed by atoms with Crippen molar-refractivity contribution in [1.82, 2.24) is 60.0 Å². The van der Waals surface area contributed by atoms with E-state index in [0.717, 1.165) is 127 Å². The van der Waals surface area contributed by atoms with E-state index in [2.05, 4.69) is 114 Å². The molecule has 620 valence electrons. The Bertz CT molecular complexity index is 4630. The van der Waals surface area contributed by atoms with Crippen LogP contribution in [-0.2, 0) is 54.7 Å². The molecule has 4 fully saturated rings. The number of likely N-dealkylation sites (tertiary alicyclic amines) is 2. The minimum absolute atomic E-state index is 0.0631. The number of nitrogens with one attached hydrogen (secondary N) is 6. The lowest BCUT2D eigenvalue weighted by molar-refractivity contribution is -0.138. The fourth-order valence-corrected chi connectivity index (χ4v) is 16.1. The Kier molecular flexibility index (Phi) is 30.1. The normalized spacial score (nSPS) is 18.8. The summed E-state index contributed by atoms with van der Waals surface area (Å²) in [6.07, 6.45) is 11.7. The number of hydrogen-bond acceptors (Lipinski definition) is 27. The lowest BCUT2D eigenvalue weighted by Gasteiger charge is -2.39. The van der Waals surface area contributed by atoms with Crippen LogP contribution in [-0.4, -0.2) is 257 Å². The van der Waals surface area contributed by atoms with Gasteiger partial charge in [0.15, 0.2) is 11.6 Å². The van der Waals surface area contributed by atoms with E-state index in [0.29, 0.717) is 105 Å². The van der Waals surface area contributed by atoms with E-state index in [9.17, 15) is 67.7 Å². The molecule has 0 radical (unpaired) electrons. The summed E-state index contributed by atoms with van der Waals surface area (Å²) >= 11 is 0. The summed E-state index contributed by atoms with van der Waals surface area (Å²) in [6.45, 7) is 11.6. The number of carbonyl (C=O) groups excluding carboxylic acids is 11. The largest absolute Gasteiger partial charge is 0.481 e. The molecule has 8 aliphatic rings. The van der Waals surface area contributed by atoms with Gasteiger partial charge in [-0.3, -0.25) is 97.6 Å². The lowest BCUT2D eigenvalue weighted by Crippen LogP contribution is -2.55. The molecule has 0 spiro atoms. The number of nitrogens with two attached hydrogens (primary N) is 1. The summed E-state index contributed by atoms with van der Waals surface area (Å²) in [5.74, 6) is -3.76. The fourth-order valence-electron chi connectivity index (χ4n) is 16.1. The zero-order valence-corrected chi connectivity index (χ0v) is 65.9. The van der Waals surface area contributed by atoms with Crippen LogP contribution in [0.15, 0.2) is 110 Å². The molecule has 10 heterocycles. The minimum atomic E-state index is -1.01. The molecule has 117 heavy (non-hydrogen) atoms. The van der Waals surface area contributed by atoms with Gasteiger partial charge in [-0.2, -0.15) is 0 Å². The Morgan fingerprint density at radius 1 is 0.479 bits per heavy atom. The second-order valence-electron chi connectivity index (χ2n) is 31.2. The van der Waals surface area contributed by atoms with Gasteiger partial charge in [-0.05, 0) is 124 Å². The lowest BCUT2D eigenvalue weighted by atomic mass is 9.99. The van der Waals surface area contributed by atoms with Crippen molar-refractivity contribution in [2.24, 2.45) is 5.73 Å². The number of aromatic nitrogens is 4. The Morgan fingerprint density at radius 3 is 1.36 bits per heavy atom. The van der Waals surface area contributed by atoms with Crippen molar-refractivity contribution in [3.05, 3.63) is 166 Å². The van der Waals surface area contributed by atoms with Gasteiger partial charge in [0.2, 0.25) is 23.6 Å². The molecule has 11 N–H and O–H groups in total. The molecule has 0 bridgehead atoms. The third-order valence-corrected chi connectivity index (χ3v) is 22.4. The summed E-state index contributed by atoms with van der Waals surface area (Å²) in [4.78, 5) is 176. The molecular weight excluding hydrogens is 1500 g/mol. The average molecular weight is 1600 g/mol. The molecular formula is C85H105N17O15. The third kappa shape index (κ3) is 23.0. The number of anilines is 4. The van der Waals surface area contributed by atoms with E-state index in [1.165, 1.54) is 34.9 Å². The first-order valence-corrected chi connectivity index (χ1v) is 40.9. The van der Waals surface area contributed by atoms with Gasteiger partial charge in [-0.15, -0.1) is 0 Å². The molecule has 32 heteroatoms. The maximum absolute atomic E-state index is 13.3. The van der Waals surface area contributed by atoms with Crippen LogP contribution in [0.4, 0.5) is 23.0 Å². The first-order chi connectivity index (χ1) is 56.6. The number of carboxylic acids is 1. The Balaban J connectivity index is 0.000000179. The molecule has 2 unspecified atom stereocenters. The Labute approximate surface area is 678 Å². The van der Waals surface area contributed by atoms with Gasteiger partial charge in [-0.1, -0.05) is 73.5 Å². The Morgan fingerprint density at radius 2 is 0.915 bits per heavy atom. The second kappa shape index (κ2) is 41.2. The monoisotopic (exact) mass is 1600 g/mol. The molecule has 8 amide bonds. The van der Waals surface area contributed by atoms with Gasteiger partial charge in [0, 0.05) is 160 Å². The van der Waals surface area contributed by atoms with Crippen LogP contribution in [0.25, 0.3) is 0 Å². The summed E-state index contributed by atoms with van der Waals surface area (Å²) in [5.41, 5.74) is 13.7. The standard InChI is InChI=1S/C43H52N8O7.C23H32N6O2.C19H21N3O6/c52-31(10-2-1-5-19-44-34-13-6-12-33-40(34)43(58)51(42(33)57)36-15-17-39(55)48-41(36)56)11-7-20-49-24-30(25-49)47-38-22-35(45-27-46-38)37(54)16-14-32(53)26-50-21-18-28-8-3-4-9-29(28)23-50;24-8-10-29-13-19(14-29)27-23-11-21(25-16-26-23)22(31)6-5-20(30)15-28-9-7-17-3-1-2-4-18(17)12-28;23-14-9-8-13(17(26)21-14)22-18(27)11-5-4-6-12(16(11)19(22)28)20-10-3-1-2-7-15(24)25/h3-4,6,8-9,12-13,22,27,30,32,36,44,53H,1-2,5,7,10-11,14-21,23-26H2,(H,45,46,47)(H,48,55,56);1-4,11,16,19-20,30H,5-10,12-15,24H2,(H,25,26,27);4-6,13,20H,1-3,7-10H2,(H,24,25)(H,21,23,26)/t32-,36?;20-;/m00./s1. The molecule has 0 aliphatic carbocycles. The summed E-state index contributed by atoms with van der Waals surface area (Å²) < 4.78 is 0. The first kappa shape index (κ1) is 85.4. The molecule has 14 rings (SSSR count). The van der Waals surface area contributed by atoms with Crippen molar-refractivity contribution in [3.8, 4) is 0 Å². The number of carbonyl (C=O) groups is 12. The molecule has 2 aromatic heterocycles. The van der Waals surface area contributed by atoms with E-state index in [-0.39, 0.29) is 90.6 Å². The number of ketones is 3. The fraction of sp³-hybridized carbons (Fsp3) is 0.482. The maximum Gasteiger partial charge on any atom is 0.303 e. The van der Waals surface area contributed by atoms with Crippen molar-refractivity contribution in [3.63, 3.8) is 0 Å². The third-order valence-electron chi connectivity index (χ3n) is 22.4. The van der Waals surface area contributed by atoms with E-state index >= 15 is 0 Å². The number of hydrogen-bond donors (Lipinski definition) is 10. The number of amides is 8. The van der Waals surface area contributed by atoms with Crippen molar-refractivity contribution in [1.29, 1.82) is 0 Å². The highest BCUT2D eigenvalue weighted by Crippen LogP contribution is 2.35. The average Bonchev–Trinajstić information content (AvgIpc) is 1.61. The van der Waals surface area contributed by atoms with Crippen molar-refractivity contribution >= 4 is 93.6 Å². The minimum Gasteiger partial charge on any atom is -0.481 e. The van der Waals surface area contributed by atoms with Gasteiger partial charge in [0.1, 0.15) is 53.5 Å². The van der Waals surface area contributed by atoms with Crippen LogP contribution in [0.2, 0.25) is 0 Å². The SMILES string of the molecule is NCCN1CC(Nc2cc(C(=O)CC[C@H](O)CN3CCc4ccccc4C3)ncn2)C1.O=C(CCCCCNc1cccc2c1C(=O)N(C1CCC(=O)NC1=O)C2=O)CCCN1CC(Nc2cc(C(=O)CC[C@H](O)CN3CCc4ccccc4C3)ncn2)C1.O=C(O)CCCCCNc1cccc2c1C(=O)N(C1CCC(=O)NC1=O)C2=O. The van der Waals surface area contributed by atoms with Gasteiger partial charge in [0.25, 0.3) is 23.6 Å².